The molecule has 0 saturated carbocycles. The first-order chi connectivity index (χ1) is 12.6. The normalized spacial score (nSPS) is 11.5. The number of pyridine rings is 1. The number of alkyl halides is 2. The summed E-state index contributed by atoms with van der Waals surface area (Å²) in [4.78, 5) is 5.23. The van der Waals surface area contributed by atoms with Crippen molar-refractivity contribution in [3.63, 3.8) is 0 Å². The maximum atomic E-state index is 12.8. The van der Waals surface area contributed by atoms with Crippen LogP contribution >= 0.6 is 34.7 Å². The van der Waals surface area contributed by atoms with E-state index in [0.29, 0.717) is 21.4 Å². The third-order valence-corrected chi connectivity index (χ3v) is 5.90. The van der Waals surface area contributed by atoms with Crippen molar-refractivity contribution in [1.82, 2.24) is 19.6 Å². The van der Waals surface area contributed by atoms with Gasteiger partial charge in [0.2, 0.25) is 0 Å². The van der Waals surface area contributed by atoms with Crippen molar-refractivity contribution in [1.29, 1.82) is 0 Å². The summed E-state index contributed by atoms with van der Waals surface area (Å²) in [6, 6.07) is 11.9. The van der Waals surface area contributed by atoms with Gasteiger partial charge in [-0.2, -0.15) is 0 Å². The monoisotopic (exact) mass is 408 g/mol. The van der Waals surface area contributed by atoms with Crippen molar-refractivity contribution >= 4 is 40.3 Å². The van der Waals surface area contributed by atoms with Crippen molar-refractivity contribution < 1.29 is 8.78 Å². The number of aromatic nitrogens is 4. The minimum Gasteiger partial charge on any atom is -0.295 e. The second-order valence-corrected chi connectivity index (χ2v) is 7.85. The Morgan fingerprint density at radius 1 is 1.19 bits per heavy atom. The van der Waals surface area contributed by atoms with E-state index in [9.17, 15) is 8.78 Å². The standard InChI is InChI=1S/C17H11ClF2N4S2/c18-12-6-11(25-9-10-4-2-1-3-5-10)8-24-13(7-21-15(12)24)16-22-23-17(26-16)14(19)20/h1-8,14H,9H2. The van der Waals surface area contributed by atoms with Gasteiger partial charge in [-0.1, -0.05) is 53.3 Å². The largest absolute Gasteiger partial charge is 0.295 e. The Hall–Kier alpha value is -2.03. The van der Waals surface area contributed by atoms with E-state index in [2.05, 4.69) is 27.3 Å². The molecule has 3 aromatic heterocycles. The van der Waals surface area contributed by atoms with Gasteiger partial charge in [-0.05, 0) is 11.6 Å². The molecular formula is C17H11ClF2N4S2. The van der Waals surface area contributed by atoms with Gasteiger partial charge in [-0.15, -0.1) is 22.0 Å². The fourth-order valence-corrected chi connectivity index (χ4v) is 4.36. The molecule has 9 heteroatoms. The predicted molar refractivity (Wildman–Crippen MR) is 100 cm³/mol. The lowest BCUT2D eigenvalue weighted by Crippen LogP contribution is -1.91. The summed E-state index contributed by atoms with van der Waals surface area (Å²) in [5, 5.41) is 7.97. The van der Waals surface area contributed by atoms with Gasteiger partial charge in [0.25, 0.3) is 6.43 Å². The molecule has 0 aliphatic rings. The molecule has 0 spiro atoms. The van der Waals surface area contributed by atoms with Crippen LogP contribution in [0.2, 0.25) is 5.02 Å². The van der Waals surface area contributed by atoms with Gasteiger partial charge in [0.1, 0.15) is 5.69 Å². The molecular weight excluding hydrogens is 398 g/mol. The molecule has 0 radical (unpaired) electrons. The number of rotatable bonds is 5. The number of hydrogen-bond donors (Lipinski definition) is 0. The molecule has 0 bridgehead atoms. The summed E-state index contributed by atoms with van der Waals surface area (Å²) in [7, 11) is 0. The van der Waals surface area contributed by atoms with Crippen LogP contribution in [-0.4, -0.2) is 19.6 Å². The number of benzene rings is 1. The Bertz CT molecular complexity index is 1050. The maximum Gasteiger partial charge on any atom is 0.291 e. The molecule has 0 aliphatic heterocycles. The number of halogens is 3. The minimum atomic E-state index is -2.64. The van der Waals surface area contributed by atoms with Gasteiger partial charge in [0.15, 0.2) is 15.7 Å². The summed E-state index contributed by atoms with van der Waals surface area (Å²) >= 11 is 8.84. The van der Waals surface area contributed by atoms with Crippen LogP contribution in [0.3, 0.4) is 0 Å². The Morgan fingerprint density at radius 2 is 2.00 bits per heavy atom. The van der Waals surface area contributed by atoms with Crippen LogP contribution in [0.25, 0.3) is 16.3 Å². The summed E-state index contributed by atoms with van der Waals surface area (Å²) in [6.45, 7) is 0. The van der Waals surface area contributed by atoms with Gasteiger partial charge >= 0.3 is 0 Å². The van der Waals surface area contributed by atoms with Crippen molar-refractivity contribution in [3.8, 4) is 10.7 Å². The first-order valence-electron chi connectivity index (χ1n) is 7.57. The second kappa shape index (κ2) is 7.30. The van der Waals surface area contributed by atoms with Gasteiger partial charge < -0.3 is 0 Å². The zero-order chi connectivity index (χ0) is 18.1. The van der Waals surface area contributed by atoms with E-state index in [1.807, 2.05) is 30.5 Å². The lowest BCUT2D eigenvalue weighted by Gasteiger charge is -2.06. The first kappa shape index (κ1) is 17.4. The van der Waals surface area contributed by atoms with E-state index < -0.39 is 6.43 Å². The smallest absolute Gasteiger partial charge is 0.291 e. The second-order valence-electron chi connectivity index (χ2n) is 5.38. The summed E-state index contributed by atoms with van der Waals surface area (Å²) < 4.78 is 27.3. The Morgan fingerprint density at radius 3 is 2.73 bits per heavy atom. The third kappa shape index (κ3) is 3.44. The van der Waals surface area contributed by atoms with E-state index in [-0.39, 0.29) is 5.01 Å². The molecule has 132 valence electrons. The lowest BCUT2D eigenvalue weighted by molar-refractivity contribution is 0.150. The molecule has 4 aromatic rings. The average Bonchev–Trinajstić information content (AvgIpc) is 3.28. The highest BCUT2D eigenvalue weighted by Crippen LogP contribution is 2.33. The van der Waals surface area contributed by atoms with Crippen LogP contribution in [0.15, 0.2) is 53.7 Å². The van der Waals surface area contributed by atoms with E-state index in [4.69, 9.17) is 11.6 Å². The fourth-order valence-electron chi connectivity index (χ4n) is 2.43. The average molecular weight is 409 g/mol. The summed E-state index contributed by atoms with van der Waals surface area (Å²) in [6.07, 6.45) is 0.824. The van der Waals surface area contributed by atoms with Gasteiger partial charge in [-0.25, -0.2) is 13.8 Å². The Kier molecular flexibility index (Phi) is 4.88. The molecule has 0 amide bonds. The van der Waals surface area contributed by atoms with Crippen LogP contribution in [0.5, 0.6) is 0 Å². The SMILES string of the molecule is FC(F)c1nnc(-c2cnc3c(Cl)cc(SCc4ccccc4)cn23)s1. The number of hydrogen-bond acceptors (Lipinski definition) is 5. The van der Waals surface area contributed by atoms with Gasteiger partial charge in [-0.3, -0.25) is 4.40 Å². The number of fused-ring (bicyclic) bond motifs is 1. The molecule has 26 heavy (non-hydrogen) atoms. The highest BCUT2D eigenvalue weighted by Gasteiger charge is 2.18. The number of imidazole rings is 1. The predicted octanol–water partition coefficient (Wildman–Crippen LogP) is 5.74. The number of thioether (sulfide) groups is 1. The highest BCUT2D eigenvalue weighted by atomic mass is 35.5. The molecule has 0 aliphatic carbocycles. The van der Waals surface area contributed by atoms with Crippen molar-refractivity contribution in [2.24, 2.45) is 0 Å². The molecule has 0 N–H and O–H groups in total. The zero-order valence-electron chi connectivity index (χ0n) is 13.1. The molecule has 0 unspecified atom stereocenters. The molecule has 0 saturated heterocycles. The van der Waals surface area contributed by atoms with E-state index in [1.165, 1.54) is 5.56 Å². The highest BCUT2D eigenvalue weighted by molar-refractivity contribution is 7.98. The third-order valence-electron chi connectivity index (χ3n) is 3.63. The zero-order valence-corrected chi connectivity index (χ0v) is 15.5. The molecule has 0 fully saturated rings. The maximum absolute atomic E-state index is 12.8. The first-order valence-corrected chi connectivity index (χ1v) is 9.75. The van der Waals surface area contributed by atoms with Gasteiger partial charge in [0, 0.05) is 16.8 Å². The van der Waals surface area contributed by atoms with E-state index in [0.717, 1.165) is 22.0 Å². The molecule has 0 atom stereocenters. The van der Waals surface area contributed by atoms with Crippen LogP contribution in [0.1, 0.15) is 17.0 Å². The molecule has 4 rings (SSSR count). The minimum absolute atomic E-state index is 0.310. The molecule has 4 nitrogen and oxygen atoms in total. The van der Waals surface area contributed by atoms with Crippen molar-refractivity contribution in [3.05, 3.63) is 64.4 Å². The van der Waals surface area contributed by atoms with E-state index in [1.54, 1.807) is 22.4 Å². The van der Waals surface area contributed by atoms with Crippen LogP contribution in [0.4, 0.5) is 8.78 Å². The van der Waals surface area contributed by atoms with Crippen LogP contribution in [0, 0.1) is 0 Å². The van der Waals surface area contributed by atoms with Crippen LogP contribution < -0.4 is 0 Å². The Labute approximate surface area is 160 Å². The fraction of sp³-hybridized carbons (Fsp3) is 0.118. The van der Waals surface area contributed by atoms with Gasteiger partial charge in [0.05, 0.1) is 11.2 Å². The summed E-state index contributed by atoms with van der Waals surface area (Å²) in [5.41, 5.74) is 2.35. The summed E-state index contributed by atoms with van der Waals surface area (Å²) in [5.74, 6) is 0.793. The quantitative estimate of drug-likeness (QED) is 0.395. The number of nitrogens with zero attached hydrogens (tertiary/aromatic N) is 4. The lowest BCUT2D eigenvalue weighted by atomic mass is 10.2. The molecule has 1 aromatic carbocycles. The van der Waals surface area contributed by atoms with Crippen molar-refractivity contribution in [2.45, 2.75) is 17.1 Å². The molecule has 3 heterocycles. The topological polar surface area (TPSA) is 43.1 Å². The van der Waals surface area contributed by atoms with Crippen molar-refractivity contribution in [2.75, 3.05) is 0 Å². The van der Waals surface area contributed by atoms with Crippen LogP contribution in [-0.2, 0) is 5.75 Å². The Balaban J connectivity index is 1.68. The van der Waals surface area contributed by atoms with E-state index >= 15 is 0 Å².